The van der Waals surface area contributed by atoms with E-state index in [-0.39, 0.29) is 12.2 Å². The molecule has 1 aromatic rings. The molecule has 6 heteroatoms. The van der Waals surface area contributed by atoms with Gasteiger partial charge in [0.15, 0.2) is 0 Å². The number of aromatic nitrogens is 2. The van der Waals surface area contributed by atoms with E-state index in [0.717, 1.165) is 0 Å². The molecule has 0 aliphatic heterocycles. The van der Waals surface area contributed by atoms with Gasteiger partial charge in [0.1, 0.15) is 5.82 Å². The fraction of sp³-hybridized carbons (Fsp3) is 0.333. The number of hydrogen-bond donors (Lipinski definition) is 1. The van der Waals surface area contributed by atoms with Gasteiger partial charge in [0.05, 0.1) is 5.75 Å². The molecule has 0 atom stereocenters. The summed E-state index contributed by atoms with van der Waals surface area (Å²) >= 11 is 0. The van der Waals surface area contributed by atoms with Crippen molar-refractivity contribution in [3.63, 3.8) is 0 Å². The van der Waals surface area contributed by atoms with Crippen LogP contribution in [0, 0.1) is 0 Å². The van der Waals surface area contributed by atoms with Crippen LogP contribution in [0.3, 0.4) is 0 Å². The second-order valence-electron chi connectivity index (χ2n) is 2.20. The zero-order chi connectivity index (χ0) is 9.03. The number of nitrogens with zero attached hydrogens (tertiary/aromatic N) is 2. The van der Waals surface area contributed by atoms with E-state index in [1.165, 1.54) is 12.4 Å². The zero-order valence-corrected chi connectivity index (χ0v) is 7.03. The fourth-order valence-corrected chi connectivity index (χ4v) is 1.12. The van der Waals surface area contributed by atoms with Crippen molar-refractivity contribution in [1.82, 2.24) is 9.97 Å². The van der Waals surface area contributed by atoms with E-state index >= 15 is 0 Å². The van der Waals surface area contributed by atoms with Crippen molar-refractivity contribution in [1.29, 1.82) is 0 Å². The summed E-state index contributed by atoms with van der Waals surface area (Å²) in [7, 11) is -3.90. The first kappa shape index (κ1) is 9.08. The lowest BCUT2D eigenvalue weighted by atomic mass is 10.4. The first-order valence-corrected chi connectivity index (χ1v) is 4.90. The smallest absolute Gasteiger partial charge is 0.265 e. The zero-order valence-electron chi connectivity index (χ0n) is 6.21. The van der Waals surface area contributed by atoms with Crippen LogP contribution < -0.4 is 0 Å². The lowest BCUT2D eigenvalue weighted by Crippen LogP contribution is -2.08. The van der Waals surface area contributed by atoms with E-state index < -0.39 is 10.1 Å². The summed E-state index contributed by atoms with van der Waals surface area (Å²) in [5, 5.41) is 0. The lowest BCUT2D eigenvalue weighted by molar-refractivity contribution is 0.482. The Kier molecular flexibility index (Phi) is 2.72. The monoisotopic (exact) mass is 188 g/mol. The highest BCUT2D eigenvalue weighted by Crippen LogP contribution is 1.92. The van der Waals surface area contributed by atoms with Crippen molar-refractivity contribution < 1.29 is 13.0 Å². The Labute approximate surface area is 70.2 Å². The Hall–Kier alpha value is -1.01. The quantitative estimate of drug-likeness (QED) is 0.670. The van der Waals surface area contributed by atoms with Crippen molar-refractivity contribution >= 4 is 10.1 Å². The predicted octanol–water partition coefficient (Wildman–Crippen LogP) is -0.0931. The molecule has 1 aromatic heterocycles. The van der Waals surface area contributed by atoms with E-state index in [0.29, 0.717) is 5.82 Å². The molecule has 0 amide bonds. The third-order valence-corrected chi connectivity index (χ3v) is 1.92. The third-order valence-electron chi connectivity index (χ3n) is 1.20. The van der Waals surface area contributed by atoms with Crippen LogP contribution in [0.25, 0.3) is 0 Å². The summed E-state index contributed by atoms with van der Waals surface area (Å²) in [5.74, 6) is 0.0759. The van der Waals surface area contributed by atoms with Crippen molar-refractivity contribution in [2.24, 2.45) is 0 Å². The maximum Gasteiger partial charge on any atom is 0.265 e. The van der Waals surface area contributed by atoms with Gasteiger partial charge in [0, 0.05) is 18.8 Å². The minimum absolute atomic E-state index is 0.139. The van der Waals surface area contributed by atoms with Crippen LogP contribution >= 0.6 is 0 Å². The van der Waals surface area contributed by atoms with Gasteiger partial charge in [0.25, 0.3) is 10.1 Å². The summed E-state index contributed by atoms with van der Waals surface area (Å²) < 4.78 is 29.0. The van der Waals surface area contributed by atoms with Crippen molar-refractivity contribution in [2.75, 3.05) is 5.75 Å². The van der Waals surface area contributed by atoms with E-state index in [2.05, 4.69) is 9.97 Å². The Bertz CT molecular complexity index is 335. The van der Waals surface area contributed by atoms with Gasteiger partial charge in [-0.1, -0.05) is 0 Å². The van der Waals surface area contributed by atoms with Gasteiger partial charge in [0.2, 0.25) is 0 Å². The molecule has 0 aliphatic carbocycles. The van der Waals surface area contributed by atoms with E-state index in [1.54, 1.807) is 6.07 Å². The molecule has 5 nitrogen and oxygen atoms in total. The Balaban J connectivity index is 2.56. The van der Waals surface area contributed by atoms with Crippen molar-refractivity contribution in [3.8, 4) is 0 Å². The predicted molar refractivity (Wildman–Crippen MR) is 42.2 cm³/mol. The molecular formula is C6H8N2O3S. The first-order valence-electron chi connectivity index (χ1n) is 3.29. The van der Waals surface area contributed by atoms with Gasteiger partial charge in [-0.05, 0) is 6.07 Å². The molecule has 0 aliphatic rings. The summed E-state index contributed by atoms with van der Waals surface area (Å²) in [6.07, 6.45) is 3.18. The largest absolute Gasteiger partial charge is 0.286 e. The van der Waals surface area contributed by atoms with Crippen LogP contribution in [0.1, 0.15) is 5.82 Å². The molecule has 66 valence electrons. The molecular weight excluding hydrogens is 180 g/mol. The highest BCUT2D eigenvalue weighted by atomic mass is 32.2. The molecule has 0 saturated carbocycles. The van der Waals surface area contributed by atoms with Crippen LogP contribution in [-0.4, -0.2) is 28.7 Å². The normalized spacial score (nSPS) is 11.4. The van der Waals surface area contributed by atoms with Crippen LogP contribution in [0.4, 0.5) is 0 Å². The van der Waals surface area contributed by atoms with Crippen LogP contribution in [0.2, 0.25) is 0 Å². The van der Waals surface area contributed by atoms with Crippen molar-refractivity contribution in [3.05, 3.63) is 24.3 Å². The van der Waals surface area contributed by atoms with Crippen LogP contribution in [0.5, 0.6) is 0 Å². The van der Waals surface area contributed by atoms with Gasteiger partial charge >= 0.3 is 0 Å². The van der Waals surface area contributed by atoms with Gasteiger partial charge in [-0.25, -0.2) is 9.97 Å². The fourth-order valence-electron chi connectivity index (χ4n) is 0.679. The molecule has 0 fully saturated rings. The number of aryl methyl sites for hydroxylation is 1. The molecule has 0 saturated heterocycles. The molecule has 0 bridgehead atoms. The van der Waals surface area contributed by atoms with E-state index in [4.69, 9.17) is 4.55 Å². The van der Waals surface area contributed by atoms with Crippen molar-refractivity contribution in [2.45, 2.75) is 6.42 Å². The Morgan fingerprint density at radius 3 is 2.42 bits per heavy atom. The second-order valence-corrected chi connectivity index (χ2v) is 3.77. The number of rotatable bonds is 3. The second kappa shape index (κ2) is 3.59. The SMILES string of the molecule is O=S(=O)(O)CCc1ncccn1. The maximum absolute atomic E-state index is 10.3. The number of hydrogen-bond acceptors (Lipinski definition) is 4. The average Bonchev–Trinajstić information content (AvgIpc) is 2.02. The molecule has 0 unspecified atom stereocenters. The average molecular weight is 188 g/mol. The first-order chi connectivity index (χ1) is 5.58. The lowest BCUT2D eigenvalue weighted by Gasteiger charge is -1.95. The third kappa shape index (κ3) is 3.40. The van der Waals surface area contributed by atoms with Gasteiger partial charge < -0.3 is 0 Å². The van der Waals surface area contributed by atoms with E-state index in [9.17, 15) is 8.42 Å². The molecule has 1 rings (SSSR count). The standard InChI is InChI=1S/C6H8N2O3S/c9-12(10,11)5-2-6-7-3-1-4-8-6/h1,3-4H,2,5H2,(H,9,10,11). The molecule has 1 heterocycles. The Morgan fingerprint density at radius 2 is 1.92 bits per heavy atom. The van der Waals surface area contributed by atoms with Crippen LogP contribution in [-0.2, 0) is 16.5 Å². The highest BCUT2D eigenvalue weighted by Gasteiger charge is 2.05. The van der Waals surface area contributed by atoms with E-state index in [1.807, 2.05) is 0 Å². The minimum Gasteiger partial charge on any atom is -0.286 e. The Morgan fingerprint density at radius 1 is 1.33 bits per heavy atom. The minimum atomic E-state index is -3.90. The topological polar surface area (TPSA) is 80.2 Å². The van der Waals surface area contributed by atoms with Gasteiger partial charge in [-0.2, -0.15) is 8.42 Å². The molecule has 1 N–H and O–H groups in total. The summed E-state index contributed by atoms with van der Waals surface area (Å²) in [6.45, 7) is 0. The summed E-state index contributed by atoms with van der Waals surface area (Å²) in [6, 6.07) is 1.64. The van der Waals surface area contributed by atoms with Gasteiger partial charge in [-0.15, -0.1) is 0 Å². The molecule has 0 aromatic carbocycles. The molecule has 12 heavy (non-hydrogen) atoms. The molecule has 0 spiro atoms. The maximum atomic E-state index is 10.3. The van der Waals surface area contributed by atoms with Crippen LogP contribution in [0.15, 0.2) is 18.5 Å². The van der Waals surface area contributed by atoms with Gasteiger partial charge in [-0.3, -0.25) is 4.55 Å². The highest BCUT2D eigenvalue weighted by molar-refractivity contribution is 7.85. The summed E-state index contributed by atoms with van der Waals surface area (Å²) in [4.78, 5) is 7.59. The summed E-state index contributed by atoms with van der Waals surface area (Å²) in [5.41, 5.74) is 0. The molecule has 0 radical (unpaired) electrons.